The smallest absolute Gasteiger partial charge is 0.258 e. The largest absolute Gasteiger partial charge is 0.269 e. The molecule has 3 nitrogen and oxygen atoms in total. The van der Waals surface area contributed by atoms with E-state index >= 15 is 0 Å². The number of fused-ring (bicyclic) bond motifs is 1. The topological polar surface area (TPSA) is 34.4 Å². The Morgan fingerprint density at radius 1 is 1.10 bits per heavy atom. The number of thioether (sulfide) groups is 1. The summed E-state index contributed by atoms with van der Waals surface area (Å²) in [7, 11) is 0. The van der Waals surface area contributed by atoms with Gasteiger partial charge in [-0.25, -0.2) is 4.98 Å². The van der Waals surface area contributed by atoms with Crippen molar-refractivity contribution in [1.82, 2.24) is 9.38 Å². The maximum Gasteiger partial charge on any atom is 0.258 e. The number of aromatic nitrogens is 2. The van der Waals surface area contributed by atoms with Crippen LogP contribution in [0.2, 0.25) is 0 Å². The van der Waals surface area contributed by atoms with E-state index in [0.29, 0.717) is 5.65 Å². The first-order valence-electron chi connectivity index (χ1n) is 6.83. The number of nitrogens with zero attached hydrogens (tertiary/aromatic N) is 2. The fourth-order valence-corrected chi connectivity index (χ4v) is 3.07. The van der Waals surface area contributed by atoms with Crippen molar-refractivity contribution in [2.75, 3.05) is 0 Å². The number of aryl methyl sites for hydroxylation is 1. The highest BCUT2D eigenvalue weighted by atomic mass is 32.2. The van der Waals surface area contributed by atoms with Gasteiger partial charge in [0.15, 0.2) is 0 Å². The van der Waals surface area contributed by atoms with Gasteiger partial charge < -0.3 is 0 Å². The first-order chi connectivity index (χ1) is 10.2. The van der Waals surface area contributed by atoms with Gasteiger partial charge in [0.1, 0.15) is 5.65 Å². The number of pyridine rings is 1. The van der Waals surface area contributed by atoms with Crippen molar-refractivity contribution < 1.29 is 0 Å². The zero-order valence-electron chi connectivity index (χ0n) is 11.8. The lowest BCUT2D eigenvalue weighted by Crippen LogP contribution is -2.15. The number of hydrogen-bond acceptors (Lipinski definition) is 3. The average molecular weight is 296 g/mol. The van der Waals surface area contributed by atoms with E-state index < -0.39 is 0 Å². The molecule has 1 aromatic carbocycles. The molecule has 2 heterocycles. The summed E-state index contributed by atoms with van der Waals surface area (Å²) in [5, 5.41) is 0. The van der Waals surface area contributed by atoms with Gasteiger partial charge in [-0.15, -0.1) is 0 Å². The van der Waals surface area contributed by atoms with Crippen molar-refractivity contribution in [3.05, 3.63) is 81.9 Å². The quantitative estimate of drug-likeness (QED) is 0.739. The van der Waals surface area contributed by atoms with Crippen LogP contribution in [0, 0.1) is 6.92 Å². The first kappa shape index (κ1) is 13.9. The molecule has 0 fully saturated rings. The lowest BCUT2D eigenvalue weighted by Gasteiger charge is -2.05. The molecule has 0 N–H and O–H groups in total. The summed E-state index contributed by atoms with van der Waals surface area (Å²) in [5.41, 5.74) is 3.88. The second-order valence-corrected chi connectivity index (χ2v) is 5.98. The monoisotopic (exact) mass is 296 g/mol. The van der Waals surface area contributed by atoms with Crippen LogP contribution in [0.1, 0.15) is 16.8 Å². The summed E-state index contributed by atoms with van der Waals surface area (Å²) >= 11 is 1.77. The highest BCUT2D eigenvalue weighted by Crippen LogP contribution is 2.16. The summed E-state index contributed by atoms with van der Waals surface area (Å²) < 4.78 is 1.60. The van der Waals surface area contributed by atoms with Gasteiger partial charge in [0.05, 0.1) is 5.69 Å². The maximum absolute atomic E-state index is 12.1. The van der Waals surface area contributed by atoms with Crippen molar-refractivity contribution in [3.63, 3.8) is 0 Å². The van der Waals surface area contributed by atoms with Crippen LogP contribution < -0.4 is 5.56 Å². The van der Waals surface area contributed by atoms with E-state index in [1.165, 1.54) is 5.56 Å². The molecule has 4 heteroatoms. The van der Waals surface area contributed by atoms with E-state index in [1.54, 1.807) is 22.2 Å². The molecule has 0 aliphatic heterocycles. The van der Waals surface area contributed by atoms with Gasteiger partial charge in [-0.3, -0.25) is 9.20 Å². The molecule has 0 saturated heterocycles. The predicted octanol–water partition coefficient (Wildman–Crippen LogP) is 3.44. The third-order valence-electron chi connectivity index (χ3n) is 3.22. The van der Waals surface area contributed by atoms with Crippen molar-refractivity contribution in [1.29, 1.82) is 0 Å². The van der Waals surface area contributed by atoms with Crippen molar-refractivity contribution in [3.8, 4) is 0 Å². The molecule has 0 bridgehead atoms. The molecule has 3 aromatic rings. The van der Waals surface area contributed by atoms with E-state index in [4.69, 9.17) is 0 Å². The van der Waals surface area contributed by atoms with Gasteiger partial charge in [-0.1, -0.05) is 36.4 Å². The minimum absolute atomic E-state index is 0.0148. The summed E-state index contributed by atoms with van der Waals surface area (Å²) in [6.45, 7) is 1.97. The molecule has 106 valence electrons. The number of rotatable bonds is 4. The second kappa shape index (κ2) is 6.14. The minimum Gasteiger partial charge on any atom is -0.269 e. The molecule has 0 atom stereocenters. The first-order valence-corrected chi connectivity index (χ1v) is 7.98. The molecular weight excluding hydrogens is 280 g/mol. The summed E-state index contributed by atoms with van der Waals surface area (Å²) in [5.74, 6) is 1.67. The molecular formula is C17H16N2OS. The van der Waals surface area contributed by atoms with Crippen LogP contribution in [0.25, 0.3) is 5.65 Å². The second-order valence-electron chi connectivity index (χ2n) is 5.00. The Labute approximate surface area is 127 Å². The van der Waals surface area contributed by atoms with Gasteiger partial charge >= 0.3 is 0 Å². The van der Waals surface area contributed by atoms with E-state index in [-0.39, 0.29) is 5.56 Å². The van der Waals surface area contributed by atoms with Crippen LogP contribution in [0.5, 0.6) is 0 Å². The van der Waals surface area contributed by atoms with Gasteiger partial charge in [-0.2, -0.15) is 11.8 Å². The fraction of sp³-hybridized carbons (Fsp3) is 0.176. The van der Waals surface area contributed by atoms with Crippen molar-refractivity contribution >= 4 is 17.4 Å². The maximum atomic E-state index is 12.1. The molecule has 0 spiro atoms. The average Bonchev–Trinajstić information content (AvgIpc) is 2.49. The number of hydrogen-bond donors (Lipinski definition) is 0. The highest BCUT2D eigenvalue weighted by Gasteiger charge is 2.03. The van der Waals surface area contributed by atoms with Crippen molar-refractivity contribution in [2.24, 2.45) is 0 Å². The predicted molar refractivity (Wildman–Crippen MR) is 87.6 cm³/mol. The Morgan fingerprint density at radius 3 is 2.71 bits per heavy atom. The molecule has 0 unspecified atom stereocenters. The highest BCUT2D eigenvalue weighted by molar-refractivity contribution is 7.97. The third kappa shape index (κ3) is 3.34. The van der Waals surface area contributed by atoms with Crippen LogP contribution in [-0.4, -0.2) is 9.38 Å². The van der Waals surface area contributed by atoms with Crippen LogP contribution in [-0.2, 0) is 11.5 Å². The van der Waals surface area contributed by atoms with Crippen molar-refractivity contribution in [2.45, 2.75) is 18.4 Å². The minimum atomic E-state index is -0.0148. The van der Waals surface area contributed by atoms with Gasteiger partial charge in [0.2, 0.25) is 0 Å². The Hall–Kier alpha value is -2.07. The molecule has 0 aliphatic rings. The van der Waals surface area contributed by atoms with Crippen LogP contribution in [0.15, 0.2) is 59.5 Å². The summed E-state index contributed by atoms with van der Waals surface area (Å²) in [6.07, 6.45) is 1.82. The van der Waals surface area contributed by atoms with E-state index in [0.717, 1.165) is 22.8 Å². The van der Waals surface area contributed by atoms with Gasteiger partial charge in [0, 0.05) is 23.8 Å². The molecule has 0 aliphatic carbocycles. The van der Waals surface area contributed by atoms with Gasteiger partial charge in [0.25, 0.3) is 5.56 Å². The van der Waals surface area contributed by atoms with E-state index in [2.05, 4.69) is 17.1 Å². The molecule has 3 rings (SSSR count). The summed E-state index contributed by atoms with van der Waals surface area (Å²) in [6, 6.07) is 15.8. The standard InChI is InChI=1S/C17H16N2OS/c1-13-7-8-16-18-15(9-17(20)19(16)10-13)12-21-11-14-5-3-2-4-6-14/h2-10H,11-12H2,1H3. The Morgan fingerprint density at radius 2 is 1.90 bits per heavy atom. The molecule has 21 heavy (non-hydrogen) atoms. The molecule has 2 aromatic heterocycles. The fourth-order valence-electron chi connectivity index (χ4n) is 2.18. The molecule has 0 saturated carbocycles. The van der Waals surface area contributed by atoms with Crippen LogP contribution in [0.3, 0.4) is 0 Å². The normalized spacial score (nSPS) is 10.9. The lowest BCUT2D eigenvalue weighted by molar-refractivity contribution is 1.00. The van der Waals surface area contributed by atoms with Gasteiger partial charge in [-0.05, 0) is 24.1 Å². The Balaban J connectivity index is 1.76. The zero-order chi connectivity index (χ0) is 14.7. The SMILES string of the molecule is Cc1ccc2nc(CSCc3ccccc3)cc(=O)n2c1. The zero-order valence-corrected chi connectivity index (χ0v) is 12.6. The summed E-state index contributed by atoms with van der Waals surface area (Å²) in [4.78, 5) is 16.6. The Kier molecular flexibility index (Phi) is 4.06. The Bertz CT molecular complexity index is 812. The van der Waals surface area contributed by atoms with Crippen LogP contribution >= 0.6 is 11.8 Å². The number of benzene rings is 1. The van der Waals surface area contributed by atoms with E-state index in [9.17, 15) is 4.79 Å². The third-order valence-corrected chi connectivity index (χ3v) is 4.26. The molecule has 0 amide bonds. The van der Waals surface area contributed by atoms with Crippen LogP contribution in [0.4, 0.5) is 0 Å². The molecule has 0 radical (unpaired) electrons. The lowest BCUT2D eigenvalue weighted by atomic mass is 10.2. The van der Waals surface area contributed by atoms with E-state index in [1.807, 2.05) is 43.5 Å².